The van der Waals surface area contributed by atoms with Gasteiger partial charge < -0.3 is 25.1 Å². The number of aryl methyl sites for hydroxylation is 1. The van der Waals surface area contributed by atoms with Gasteiger partial charge in [0.05, 0.1) is 16.7 Å². The monoisotopic (exact) mass is 488 g/mol. The summed E-state index contributed by atoms with van der Waals surface area (Å²) in [6, 6.07) is 14.1. The molecular weight excluding hydrogens is 460 g/mol. The summed E-state index contributed by atoms with van der Waals surface area (Å²) in [6.45, 7) is 7.32. The number of hydrogen-bond acceptors (Lipinski definition) is 5. The van der Waals surface area contributed by atoms with Crippen molar-refractivity contribution in [3.63, 3.8) is 0 Å². The summed E-state index contributed by atoms with van der Waals surface area (Å²) < 4.78 is 0. The molecule has 1 spiro atoms. The van der Waals surface area contributed by atoms with Gasteiger partial charge in [0.25, 0.3) is 5.56 Å². The zero-order valence-electron chi connectivity index (χ0n) is 20.0. The molecule has 180 valence electrons. The Morgan fingerprint density at radius 2 is 1.97 bits per heavy atom. The molecule has 35 heavy (non-hydrogen) atoms. The topological polar surface area (TPSA) is 80.0 Å². The zero-order valence-corrected chi connectivity index (χ0v) is 20.7. The van der Waals surface area contributed by atoms with E-state index in [1.807, 2.05) is 24.3 Å². The highest BCUT2D eigenvalue weighted by molar-refractivity contribution is 6.30. The van der Waals surface area contributed by atoms with Gasteiger partial charge in [0.1, 0.15) is 11.4 Å². The highest BCUT2D eigenvalue weighted by atomic mass is 35.5. The highest BCUT2D eigenvalue weighted by Crippen LogP contribution is 2.42. The van der Waals surface area contributed by atoms with Crippen LogP contribution in [-0.4, -0.2) is 59.6 Å². The number of rotatable bonds is 6. The number of imidazole rings is 1. The Morgan fingerprint density at radius 3 is 2.74 bits per heavy atom. The Balaban J connectivity index is 1.25. The van der Waals surface area contributed by atoms with Gasteiger partial charge in [0.2, 0.25) is 0 Å². The van der Waals surface area contributed by atoms with Gasteiger partial charge in [0, 0.05) is 55.0 Å². The zero-order chi connectivity index (χ0) is 24.2. The van der Waals surface area contributed by atoms with Gasteiger partial charge in [-0.05, 0) is 61.9 Å². The second-order valence-electron chi connectivity index (χ2n) is 10.2. The summed E-state index contributed by atoms with van der Waals surface area (Å²) in [6.07, 6.45) is 2.46. The van der Waals surface area contributed by atoms with Gasteiger partial charge >= 0.3 is 0 Å². The first-order chi connectivity index (χ1) is 16.9. The van der Waals surface area contributed by atoms with E-state index in [4.69, 9.17) is 16.6 Å². The van der Waals surface area contributed by atoms with E-state index < -0.39 is 0 Å². The van der Waals surface area contributed by atoms with Crippen molar-refractivity contribution in [2.24, 2.45) is 5.41 Å². The average Bonchev–Trinajstić information content (AvgIpc) is 3.19. The van der Waals surface area contributed by atoms with Crippen LogP contribution >= 0.6 is 11.6 Å². The summed E-state index contributed by atoms with van der Waals surface area (Å²) in [5, 5.41) is 4.14. The third-order valence-electron chi connectivity index (χ3n) is 7.21. The number of H-pyrrole nitrogens is 2. The van der Waals surface area contributed by atoms with Crippen LogP contribution in [0.1, 0.15) is 11.1 Å². The number of hydrogen-bond donors (Lipinski definition) is 3. The molecule has 0 aliphatic carbocycles. The molecule has 3 N–H and O–H groups in total. The number of halogens is 1. The normalized spacial score (nSPS) is 16.9. The fourth-order valence-corrected chi connectivity index (χ4v) is 5.93. The summed E-state index contributed by atoms with van der Waals surface area (Å²) in [5.41, 5.74) is 6.90. The lowest BCUT2D eigenvalue weighted by Gasteiger charge is -2.60. The molecule has 2 saturated heterocycles. The number of pyridine rings is 1. The van der Waals surface area contributed by atoms with E-state index in [2.05, 4.69) is 57.3 Å². The number of nitrogens with one attached hydrogen (secondary N) is 3. The minimum atomic E-state index is -0.173. The van der Waals surface area contributed by atoms with Crippen molar-refractivity contribution in [3.05, 3.63) is 75.2 Å². The second-order valence-corrected chi connectivity index (χ2v) is 10.6. The molecule has 0 atom stereocenters. The quantitative estimate of drug-likeness (QED) is 0.377. The molecule has 6 rings (SSSR count). The van der Waals surface area contributed by atoms with Gasteiger partial charge in [0.15, 0.2) is 0 Å². The van der Waals surface area contributed by atoms with Crippen molar-refractivity contribution in [1.29, 1.82) is 0 Å². The lowest BCUT2D eigenvalue weighted by atomic mass is 9.73. The second kappa shape index (κ2) is 8.43. The van der Waals surface area contributed by atoms with Gasteiger partial charge in [-0.25, -0.2) is 4.98 Å². The molecule has 0 amide bonds. The van der Waals surface area contributed by atoms with E-state index in [9.17, 15) is 4.79 Å². The number of aromatic nitrogens is 3. The van der Waals surface area contributed by atoms with Crippen molar-refractivity contribution < 1.29 is 0 Å². The molecule has 2 aromatic heterocycles. The van der Waals surface area contributed by atoms with E-state index in [-0.39, 0.29) is 5.56 Å². The number of benzene rings is 2. The molecule has 0 bridgehead atoms. The van der Waals surface area contributed by atoms with Crippen molar-refractivity contribution in [3.8, 4) is 11.4 Å². The largest absolute Gasteiger partial charge is 0.384 e. The predicted octanol–water partition coefficient (Wildman–Crippen LogP) is 4.29. The van der Waals surface area contributed by atoms with E-state index >= 15 is 0 Å². The Hall–Kier alpha value is -3.29. The Labute approximate surface area is 209 Å². The predicted molar refractivity (Wildman–Crippen MR) is 143 cm³/mol. The molecule has 2 aliphatic heterocycles. The number of anilines is 2. The van der Waals surface area contributed by atoms with E-state index in [0.29, 0.717) is 23.3 Å². The van der Waals surface area contributed by atoms with E-state index in [0.717, 1.165) is 52.4 Å². The number of aromatic amines is 2. The van der Waals surface area contributed by atoms with Crippen molar-refractivity contribution in [2.75, 3.05) is 50.0 Å². The van der Waals surface area contributed by atoms with Crippen LogP contribution in [0.25, 0.3) is 22.4 Å². The van der Waals surface area contributed by atoms with Crippen LogP contribution in [-0.2, 0) is 6.42 Å². The summed E-state index contributed by atoms with van der Waals surface area (Å²) in [4.78, 5) is 28.7. The molecule has 2 aliphatic rings. The lowest BCUT2D eigenvalue weighted by molar-refractivity contribution is -0.00238. The molecule has 0 unspecified atom stereocenters. The van der Waals surface area contributed by atoms with Gasteiger partial charge in [-0.3, -0.25) is 4.79 Å². The Morgan fingerprint density at radius 1 is 1.14 bits per heavy atom. The smallest absolute Gasteiger partial charge is 0.261 e. The first kappa shape index (κ1) is 22.2. The van der Waals surface area contributed by atoms with Crippen LogP contribution < -0.4 is 15.8 Å². The molecule has 8 heteroatoms. The first-order valence-corrected chi connectivity index (χ1v) is 12.4. The number of fused-ring (bicyclic) bond motifs is 1. The minimum Gasteiger partial charge on any atom is -0.384 e. The van der Waals surface area contributed by atoms with Crippen LogP contribution in [0.3, 0.4) is 0 Å². The summed E-state index contributed by atoms with van der Waals surface area (Å²) in [5.74, 6) is 0.577. The van der Waals surface area contributed by atoms with Gasteiger partial charge in [-0.1, -0.05) is 23.7 Å². The van der Waals surface area contributed by atoms with Gasteiger partial charge in [-0.2, -0.15) is 0 Å². The molecule has 4 heterocycles. The van der Waals surface area contributed by atoms with Crippen molar-refractivity contribution in [2.45, 2.75) is 13.3 Å². The van der Waals surface area contributed by atoms with Gasteiger partial charge in [-0.15, -0.1) is 0 Å². The maximum Gasteiger partial charge on any atom is 0.261 e. The maximum absolute atomic E-state index is 12.9. The minimum absolute atomic E-state index is 0.173. The Bertz CT molecular complexity index is 1460. The lowest BCUT2D eigenvalue weighted by Crippen LogP contribution is -2.71. The summed E-state index contributed by atoms with van der Waals surface area (Å²) >= 11 is 6.11. The highest BCUT2D eigenvalue weighted by Gasteiger charge is 2.50. The molecule has 4 aromatic rings. The fraction of sp³-hybridized carbons (Fsp3) is 0.333. The molecule has 7 nitrogen and oxygen atoms in total. The molecular formula is C27H29ClN6O. The van der Waals surface area contributed by atoms with E-state index in [1.54, 1.807) is 6.20 Å². The molecule has 0 radical (unpaired) electrons. The molecule has 0 saturated carbocycles. The van der Waals surface area contributed by atoms with Crippen LogP contribution in [0.2, 0.25) is 5.02 Å². The van der Waals surface area contributed by atoms with Crippen LogP contribution in [0.5, 0.6) is 0 Å². The standard InChI is InChI=1S/C27H29ClN6O/c1-17-10-20(34-15-27(16-34)13-33(2)14-27)12-22-24(17)32-25(31-22)23-21(7-9-30-26(23)35)29-8-6-18-4-3-5-19(28)11-18/h3-5,7,9-12H,6,8,13-16H2,1-2H3,(H,31,32)(H2,29,30,35). The van der Waals surface area contributed by atoms with Crippen molar-refractivity contribution >= 4 is 34.0 Å². The fourth-order valence-electron chi connectivity index (χ4n) is 5.71. The van der Waals surface area contributed by atoms with E-state index in [1.165, 1.54) is 18.8 Å². The number of likely N-dealkylation sites (tertiary alicyclic amines) is 1. The molecule has 2 aromatic carbocycles. The van der Waals surface area contributed by atoms with Crippen molar-refractivity contribution in [1.82, 2.24) is 19.9 Å². The number of nitrogens with zero attached hydrogens (tertiary/aromatic N) is 3. The SMILES string of the molecule is Cc1cc(N2CC3(CN(C)C3)C2)cc2[nH]c(-c3c(NCCc4cccc(Cl)c4)cc[nH]c3=O)nc12. The van der Waals surface area contributed by atoms with Crippen LogP contribution in [0, 0.1) is 12.3 Å². The Kier molecular flexibility index (Phi) is 5.34. The third-order valence-corrected chi connectivity index (χ3v) is 7.44. The third kappa shape index (κ3) is 4.09. The maximum atomic E-state index is 12.9. The molecule has 2 fully saturated rings. The van der Waals surface area contributed by atoms with Crippen LogP contribution in [0.4, 0.5) is 11.4 Å². The summed E-state index contributed by atoms with van der Waals surface area (Å²) in [7, 11) is 2.18. The first-order valence-electron chi connectivity index (χ1n) is 12.0. The average molecular weight is 489 g/mol. The van der Waals surface area contributed by atoms with Crippen LogP contribution in [0.15, 0.2) is 53.5 Å².